The van der Waals surface area contributed by atoms with Gasteiger partial charge in [-0.15, -0.1) is 9.48 Å². The van der Waals surface area contributed by atoms with Gasteiger partial charge in [-0.3, -0.25) is 0 Å². The molecule has 0 saturated carbocycles. The number of hydrogen-bond donors (Lipinski definition) is 2. The summed E-state index contributed by atoms with van der Waals surface area (Å²) >= 11 is 0. The molecule has 2 rings (SSSR count). The second-order valence-electron chi connectivity index (χ2n) is 4.60. The average molecular weight is 304 g/mol. The van der Waals surface area contributed by atoms with Crippen molar-refractivity contribution in [3.8, 4) is 0 Å². The predicted octanol–water partition coefficient (Wildman–Crippen LogP) is 1.23. The van der Waals surface area contributed by atoms with Gasteiger partial charge in [0, 0.05) is 6.08 Å². The number of amidine groups is 1. The van der Waals surface area contributed by atoms with E-state index in [-0.39, 0.29) is 12.4 Å². The number of carbonyl (C=O) groups is 3. The van der Waals surface area contributed by atoms with Gasteiger partial charge in [0.2, 0.25) is 6.54 Å². The molecule has 1 aromatic rings. The van der Waals surface area contributed by atoms with Crippen LogP contribution in [0.3, 0.4) is 0 Å². The van der Waals surface area contributed by atoms with E-state index in [1.54, 1.807) is 30.3 Å². The molecule has 1 atom stereocenters. The summed E-state index contributed by atoms with van der Waals surface area (Å²) in [5.41, 5.74) is 6.08. The van der Waals surface area contributed by atoms with Crippen LogP contribution in [0.15, 0.2) is 47.6 Å². The highest BCUT2D eigenvalue weighted by Crippen LogP contribution is 2.19. The molecule has 114 valence electrons. The van der Waals surface area contributed by atoms with Crippen molar-refractivity contribution in [1.29, 1.82) is 0 Å². The van der Waals surface area contributed by atoms with Crippen LogP contribution in [0, 0.1) is 0 Å². The molecule has 0 aliphatic carbocycles. The van der Waals surface area contributed by atoms with Crippen molar-refractivity contribution in [3.63, 3.8) is 0 Å². The Balaban J connectivity index is 2.19. The van der Waals surface area contributed by atoms with Gasteiger partial charge in [-0.25, -0.2) is 9.59 Å². The highest BCUT2D eigenvalue weighted by Gasteiger charge is 2.49. The number of nitrogens with two attached hydrogens (primary N) is 1. The lowest BCUT2D eigenvalue weighted by molar-refractivity contribution is -0.713. The minimum Gasteiger partial charge on any atom is -0.477 e. The zero-order valence-corrected chi connectivity index (χ0v) is 11.5. The summed E-state index contributed by atoms with van der Waals surface area (Å²) < 4.78 is 3.87. The minimum atomic E-state index is -1.34. The van der Waals surface area contributed by atoms with Crippen LogP contribution in [-0.4, -0.2) is 40.1 Å². The Hall–Kier alpha value is -3.00. The van der Waals surface area contributed by atoms with Crippen molar-refractivity contribution in [1.82, 2.24) is 0 Å². The molecule has 22 heavy (non-hydrogen) atoms. The molecule has 0 radical (unpaired) electrons. The van der Waals surface area contributed by atoms with E-state index in [1.165, 1.54) is 6.08 Å². The van der Waals surface area contributed by atoms with E-state index in [0.29, 0.717) is 5.56 Å². The smallest absolute Gasteiger partial charge is 0.477 e. The quantitative estimate of drug-likeness (QED) is 0.807. The van der Waals surface area contributed by atoms with Crippen LogP contribution in [0.5, 0.6) is 0 Å². The molecule has 1 aliphatic heterocycles. The van der Waals surface area contributed by atoms with Gasteiger partial charge in [-0.05, 0) is 5.56 Å². The number of carboxylic acids is 1. The minimum absolute atomic E-state index is 0.0837. The van der Waals surface area contributed by atoms with Crippen molar-refractivity contribution in [2.24, 2.45) is 10.7 Å². The van der Waals surface area contributed by atoms with E-state index < -0.39 is 29.1 Å². The SMILES string of the molecule is NC1=NC(=O)[N+](CC(=O)O)(C(=O)OCc2ccccc2)C=C1. The molecule has 3 N–H and O–H groups in total. The van der Waals surface area contributed by atoms with Gasteiger partial charge in [-0.2, -0.15) is 4.79 Å². The van der Waals surface area contributed by atoms with Gasteiger partial charge in [0.1, 0.15) is 18.6 Å². The Morgan fingerprint density at radius 3 is 2.55 bits per heavy atom. The molecule has 0 saturated heterocycles. The zero-order valence-electron chi connectivity index (χ0n) is 11.5. The molecule has 0 bridgehead atoms. The molecule has 8 heteroatoms. The number of rotatable bonds is 4. The summed E-state index contributed by atoms with van der Waals surface area (Å²) in [7, 11) is 0. The maximum Gasteiger partial charge on any atom is 0.530 e. The van der Waals surface area contributed by atoms with Crippen molar-refractivity contribution in [2.45, 2.75) is 6.61 Å². The predicted molar refractivity (Wildman–Crippen MR) is 75.5 cm³/mol. The molecular weight excluding hydrogens is 290 g/mol. The van der Waals surface area contributed by atoms with Crippen LogP contribution in [0.1, 0.15) is 5.56 Å². The fourth-order valence-electron chi connectivity index (χ4n) is 1.88. The first-order valence-corrected chi connectivity index (χ1v) is 6.33. The molecule has 0 spiro atoms. The maximum atomic E-state index is 12.3. The van der Waals surface area contributed by atoms with Crippen molar-refractivity contribution in [3.05, 3.63) is 48.2 Å². The highest BCUT2D eigenvalue weighted by atomic mass is 16.6. The maximum absolute atomic E-state index is 12.3. The lowest BCUT2D eigenvalue weighted by Gasteiger charge is -2.25. The molecule has 0 aromatic heterocycles. The second kappa shape index (κ2) is 6.19. The van der Waals surface area contributed by atoms with E-state index in [4.69, 9.17) is 15.6 Å². The number of carbonyl (C=O) groups excluding carboxylic acids is 2. The third-order valence-electron chi connectivity index (χ3n) is 2.98. The number of imide groups is 1. The summed E-state index contributed by atoms with van der Waals surface area (Å²) in [5, 5.41) is 8.96. The van der Waals surface area contributed by atoms with Gasteiger partial charge in [-0.1, -0.05) is 30.3 Å². The van der Waals surface area contributed by atoms with Crippen molar-refractivity contribution < 1.29 is 28.7 Å². The summed E-state index contributed by atoms with van der Waals surface area (Å²) in [5.74, 6) is -1.44. The van der Waals surface area contributed by atoms with Gasteiger partial charge in [0.05, 0.1) is 0 Å². The molecular formula is C14H14N3O5+. The highest BCUT2D eigenvalue weighted by molar-refractivity contribution is 6.02. The van der Waals surface area contributed by atoms with Crippen LogP contribution in [0.2, 0.25) is 0 Å². The van der Waals surface area contributed by atoms with Gasteiger partial charge in [0.25, 0.3) is 0 Å². The van der Waals surface area contributed by atoms with Gasteiger partial charge in [0.15, 0.2) is 0 Å². The Kier molecular flexibility index (Phi) is 4.33. The number of hydrogen-bond acceptors (Lipinski definition) is 5. The van der Waals surface area contributed by atoms with Gasteiger partial charge < -0.3 is 15.6 Å². The van der Waals surface area contributed by atoms with E-state index >= 15 is 0 Å². The van der Waals surface area contributed by atoms with E-state index in [1.807, 2.05) is 0 Å². The Morgan fingerprint density at radius 2 is 1.95 bits per heavy atom. The first-order valence-electron chi connectivity index (χ1n) is 6.33. The Bertz CT molecular complexity index is 668. The molecule has 1 unspecified atom stereocenters. The van der Waals surface area contributed by atoms with E-state index in [2.05, 4.69) is 4.99 Å². The number of quaternary nitrogens is 1. The average Bonchev–Trinajstić information content (AvgIpc) is 2.48. The molecule has 1 aliphatic rings. The number of aliphatic carboxylic acids is 1. The number of aliphatic imine (C=N–C) groups is 1. The largest absolute Gasteiger partial charge is 0.530 e. The number of carboxylic acid groups (broad SMARTS) is 1. The lowest BCUT2D eigenvalue weighted by Crippen LogP contribution is -2.56. The molecule has 3 amide bonds. The van der Waals surface area contributed by atoms with E-state index in [0.717, 1.165) is 6.20 Å². The Morgan fingerprint density at radius 1 is 1.27 bits per heavy atom. The summed E-state index contributed by atoms with van der Waals surface area (Å²) in [6.45, 7) is -0.890. The van der Waals surface area contributed by atoms with Crippen LogP contribution in [-0.2, 0) is 16.1 Å². The van der Waals surface area contributed by atoms with Gasteiger partial charge >= 0.3 is 18.1 Å². The number of benzene rings is 1. The van der Waals surface area contributed by atoms with Crippen molar-refractivity contribution in [2.75, 3.05) is 6.54 Å². The summed E-state index contributed by atoms with van der Waals surface area (Å²) in [6, 6.07) is 7.81. The fraction of sp³-hybridized carbons (Fsp3) is 0.143. The summed E-state index contributed by atoms with van der Waals surface area (Å²) in [4.78, 5) is 38.7. The lowest BCUT2D eigenvalue weighted by atomic mass is 10.2. The third-order valence-corrected chi connectivity index (χ3v) is 2.98. The van der Waals surface area contributed by atoms with Crippen LogP contribution in [0.25, 0.3) is 0 Å². The second-order valence-corrected chi connectivity index (χ2v) is 4.60. The number of nitrogens with zero attached hydrogens (tertiary/aromatic N) is 2. The van der Waals surface area contributed by atoms with Crippen LogP contribution in [0.4, 0.5) is 9.59 Å². The zero-order chi connectivity index (χ0) is 16.2. The molecule has 1 aromatic carbocycles. The summed E-state index contributed by atoms with van der Waals surface area (Å²) in [6.07, 6.45) is 1.25. The first-order chi connectivity index (χ1) is 10.4. The van der Waals surface area contributed by atoms with E-state index in [9.17, 15) is 14.4 Å². The third kappa shape index (κ3) is 3.18. The molecule has 8 nitrogen and oxygen atoms in total. The van der Waals surface area contributed by atoms with Crippen LogP contribution < -0.4 is 5.73 Å². The normalized spacial score (nSPS) is 20.4. The number of urea groups is 1. The molecule has 1 heterocycles. The van der Waals surface area contributed by atoms with Crippen LogP contribution >= 0.6 is 0 Å². The monoisotopic (exact) mass is 304 g/mol. The van der Waals surface area contributed by atoms with Crippen molar-refractivity contribution >= 4 is 23.9 Å². The number of amides is 3. The Labute approximate surface area is 125 Å². The first kappa shape index (κ1) is 15.4. The fourth-order valence-corrected chi connectivity index (χ4v) is 1.88. The molecule has 0 fully saturated rings. The number of ether oxygens (including phenoxy) is 1. The standard InChI is InChI=1S/C14H13N3O5/c15-11-6-7-17(8-12(18)19,13(20)16-11)14(21)22-9-10-4-2-1-3-5-10/h1-7H,8-9H2,(H2-,15,16,18,19,20)/p+1. The topological polar surface area (TPSA) is 119 Å².